The number of benzene rings is 1. The maximum atomic E-state index is 10.9. The molecule has 0 saturated heterocycles. The molecule has 1 unspecified atom stereocenters. The fourth-order valence-electron chi connectivity index (χ4n) is 1.61. The van der Waals surface area contributed by atoms with Crippen LogP contribution in [0.4, 0.5) is 5.69 Å². The van der Waals surface area contributed by atoms with Crippen LogP contribution in [-0.2, 0) is 11.2 Å². The normalized spacial score (nSPS) is 12.2. The number of nitrogens with two attached hydrogens (primary N) is 1. The van der Waals surface area contributed by atoms with E-state index in [2.05, 4.69) is 0 Å². The molecule has 0 heterocycles. The van der Waals surface area contributed by atoms with Crippen LogP contribution in [0.1, 0.15) is 24.1 Å². The summed E-state index contributed by atoms with van der Waals surface area (Å²) in [5, 5.41) is 8.96. The highest BCUT2D eigenvalue weighted by molar-refractivity contribution is 5.78. The molecule has 4 heteroatoms. The van der Waals surface area contributed by atoms with E-state index in [0.29, 0.717) is 5.56 Å². The van der Waals surface area contributed by atoms with Gasteiger partial charge in [0.05, 0.1) is 0 Å². The van der Waals surface area contributed by atoms with E-state index in [9.17, 15) is 4.79 Å². The van der Waals surface area contributed by atoms with Crippen LogP contribution in [0.15, 0.2) is 18.2 Å². The lowest BCUT2D eigenvalue weighted by Gasteiger charge is -2.20. The van der Waals surface area contributed by atoms with Crippen molar-refractivity contribution in [1.82, 2.24) is 0 Å². The second-order valence-electron chi connectivity index (χ2n) is 3.96. The van der Waals surface area contributed by atoms with Crippen LogP contribution in [0.25, 0.3) is 0 Å². The lowest BCUT2D eigenvalue weighted by atomic mass is 10.0. The Balaban J connectivity index is 3.25. The summed E-state index contributed by atoms with van der Waals surface area (Å²) in [6.07, 6.45) is 0.868. The Hall–Kier alpha value is -1.55. The summed E-state index contributed by atoms with van der Waals surface area (Å²) < 4.78 is 0. The standard InChI is InChI=1S/C12H18N2O2/c1-4-8-5-6-10(14(2)3)9(7-8)11(13)12(15)16/h5-7,11H,4,13H2,1-3H3,(H,15,16). The quantitative estimate of drug-likeness (QED) is 0.808. The molecule has 1 aromatic rings. The second-order valence-corrected chi connectivity index (χ2v) is 3.96. The van der Waals surface area contributed by atoms with Gasteiger partial charge in [0.15, 0.2) is 0 Å². The fraction of sp³-hybridized carbons (Fsp3) is 0.417. The van der Waals surface area contributed by atoms with Crippen molar-refractivity contribution in [2.75, 3.05) is 19.0 Å². The third kappa shape index (κ3) is 2.52. The minimum atomic E-state index is -1.00. The molecule has 0 bridgehead atoms. The molecule has 88 valence electrons. The minimum absolute atomic E-state index is 0.664. The lowest BCUT2D eigenvalue weighted by Crippen LogP contribution is -2.24. The van der Waals surface area contributed by atoms with Crippen LogP contribution in [0, 0.1) is 0 Å². The summed E-state index contributed by atoms with van der Waals surface area (Å²) in [4.78, 5) is 12.8. The van der Waals surface area contributed by atoms with Crippen LogP contribution in [0.2, 0.25) is 0 Å². The van der Waals surface area contributed by atoms with Gasteiger partial charge >= 0.3 is 5.97 Å². The van der Waals surface area contributed by atoms with Gasteiger partial charge in [0.25, 0.3) is 0 Å². The number of anilines is 1. The van der Waals surface area contributed by atoms with E-state index in [4.69, 9.17) is 10.8 Å². The van der Waals surface area contributed by atoms with Gasteiger partial charge in [-0.25, -0.2) is 0 Å². The van der Waals surface area contributed by atoms with Crippen LogP contribution >= 0.6 is 0 Å². The van der Waals surface area contributed by atoms with E-state index in [0.717, 1.165) is 17.7 Å². The van der Waals surface area contributed by atoms with E-state index in [1.165, 1.54) is 0 Å². The van der Waals surface area contributed by atoms with Crippen molar-refractivity contribution in [3.8, 4) is 0 Å². The first-order chi connectivity index (χ1) is 7.47. The number of carboxylic acid groups (broad SMARTS) is 1. The van der Waals surface area contributed by atoms with Gasteiger partial charge in [-0.2, -0.15) is 0 Å². The first kappa shape index (κ1) is 12.5. The molecule has 0 saturated carbocycles. The zero-order valence-corrected chi connectivity index (χ0v) is 9.90. The molecule has 0 radical (unpaired) electrons. The second kappa shape index (κ2) is 4.99. The van der Waals surface area contributed by atoms with Gasteiger partial charge in [-0.15, -0.1) is 0 Å². The summed E-state index contributed by atoms with van der Waals surface area (Å²) in [5.74, 6) is -1.00. The van der Waals surface area contributed by atoms with Gasteiger partial charge in [-0.1, -0.05) is 19.1 Å². The van der Waals surface area contributed by atoms with E-state index in [-0.39, 0.29) is 0 Å². The summed E-state index contributed by atoms with van der Waals surface area (Å²) in [6, 6.07) is 4.81. The van der Waals surface area contributed by atoms with Crippen molar-refractivity contribution in [2.24, 2.45) is 5.73 Å². The number of carbonyl (C=O) groups is 1. The molecule has 0 aliphatic carbocycles. The van der Waals surface area contributed by atoms with Gasteiger partial charge < -0.3 is 15.7 Å². The number of rotatable bonds is 4. The van der Waals surface area contributed by atoms with Gasteiger partial charge in [0, 0.05) is 25.3 Å². The largest absolute Gasteiger partial charge is 0.480 e. The fourth-order valence-corrected chi connectivity index (χ4v) is 1.61. The SMILES string of the molecule is CCc1ccc(N(C)C)c(C(N)C(=O)O)c1. The van der Waals surface area contributed by atoms with Crippen molar-refractivity contribution >= 4 is 11.7 Å². The molecule has 0 amide bonds. The monoisotopic (exact) mass is 222 g/mol. The summed E-state index contributed by atoms with van der Waals surface area (Å²) in [5.41, 5.74) is 8.29. The third-order valence-corrected chi connectivity index (χ3v) is 2.58. The Morgan fingerprint density at radius 3 is 2.56 bits per heavy atom. The summed E-state index contributed by atoms with van der Waals surface area (Å²) >= 11 is 0. The van der Waals surface area contributed by atoms with Gasteiger partial charge in [-0.05, 0) is 18.1 Å². The molecule has 3 N–H and O–H groups in total. The molecular formula is C12H18N2O2. The number of carboxylic acids is 1. The van der Waals surface area contributed by atoms with Gasteiger partial charge in [-0.3, -0.25) is 4.79 Å². The average molecular weight is 222 g/mol. The van der Waals surface area contributed by atoms with Gasteiger partial charge in [0.2, 0.25) is 0 Å². The Labute approximate surface area is 95.7 Å². The number of hydrogen-bond acceptors (Lipinski definition) is 3. The highest BCUT2D eigenvalue weighted by Gasteiger charge is 2.19. The Kier molecular flexibility index (Phi) is 3.90. The van der Waals surface area contributed by atoms with E-state index in [1.807, 2.05) is 44.1 Å². The minimum Gasteiger partial charge on any atom is -0.480 e. The van der Waals surface area contributed by atoms with Crippen molar-refractivity contribution in [2.45, 2.75) is 19.4 Å². The molecular weight excluding hydrogens is 204 g/mol. The van der Waals surface area contributed by atoms with Gasteiger partial charge in [0.1, 0.15) is 6.04 Å². The Morgan fingerprint density at radius 2 is 2.12 bits per heavy atom. The molecule has 1 aromatic carbocycles. The predicted octanol–water partition coefficient (Wildman–Crippen LogP) is 1.40. The van der Waals surface area contributed by atoms with Crippen LogP contribution in [0.3, 0.4) is 0 Å². The molecule has 0 aliphatic rings. The molecule has 4 nitrogen and oxygen atoms in total. The van der Waals surface area contributed by atoms with E-state index in [1.54, 1.807) is 0 Å². The molecule has 0 spiro atoms. The third-order valence-electron chi connectivity index (χ3n) is 2.58. The van der Waals surface area contributed by atoms with Crippen molar-refractivity contribution in [3.05, 3.63) is 29.3 Å². The molecule has 0 aliphatic heterocycles. The maximum Gasteiger partial charge on any atom is 0.325 e. The number of nitrogens with zero attached hydrogens (tertiary/aromatic N) is 1. The van der Waals surface area contributed by atoms with Crippen LogP contribution < -0.4 is 10.6 Å². The van der Waals surface area contributed by atoms with E-state index >= 15 is 0 Å². The van der Waals surface area contributed by atoms with Crippen LogP contribution in [-0.4, -0.2) is 25.2 Å². The maximum absolute atomic E-state index is 10.9. The number of aryl methyl sites for hydroxylation is 1. The molecule has 0 fully saturated rings. The Morgan fingerprint density at radius 1 is 1.50 bits per heavy atom. The first-order valence-electron chi connectivity index (χ1n) is 5.26. The van der Waals surface area contributed by atoms with Crippen molar-refractivity contribution in [3.63, 3.8) is 0 Å². The number of aliphatic carboxylic acids is 1. The Bertz CT molecular complexity index is 389. The number of hydrogen-bond donors (Lipinski definition) is 2. The smallest absolute Gasteiger partial charge is 0.325 e. The molecule has 0 aromatic heterocycles. The highest BCUT2D eigenvalue weighted by Crippen LogP contribution is 2.25. The summed E-state index contributed by atoms with van der Waals surface area (Å²) in [7, 11) is 3.75. The average Bonchev–Trinajstić information content (AvgIpc) is 2.26. The molecule has 16 heavy (non-hydrogen) atoms. The van der Waals surface area contributed by atoms with Crippen LogP contribution in [0.5, 0.6) is 0 Å². The molecule has 1 atom stereocenters. The van der Waals surface area contributed by atoms with E-state index < -0.39 is 12.0 Å². The predicted molar refractivity (Wildman–Crippen MR) is 64.7 cm³/mol. The highest BCUT2D eigenvalue weighted by atomic mass is 16.4. The molecule has 1 rings (SSSR count). The topological polar surface area (TPSA) is 66.6 Å². The lowest BCUT2D eigenvalue weighted by molar-refractivity contribution is -0.138. The zero-order valence-electron chi connectivity index (χ0n) is 9.90. The van der Waals surface area contributed by atoms with Crippen molar-refractivity contribution < 1.29 is 9.90 Å². The van der Waals surface area contributed by atoms with Crippen molar-refractivity contribution in [1.29, 1.82) is 0 Å². The first-order valence-corrected chi connectivity index (χ1v) is 5.26. The summed E-state index contributed by atoms with van der Waals surface area (Å²) in [6.45, 7) is 2.03. The zero-order chi connectivity index (χ0) is 12.3.